The molecule has 1 aromatic heterocycles. The van der Waals surface area contributed by atoms with Crippen molar-refractivity contribution in [3.05, 3.63) is 63.1 Å². The van der Waals surface area contributed by atoms with Gasteiger partial charge in [-0.25, -0.2) is 4.98 Å². The first-order chi connectivity index (χ1) is 15.1. The molecule has 2 aromatic rings. The Morgan fingerprint density at radius 3 is 2.65 bits per heavy atom. The summed E-state index contributed by atoms with van der Waals surface area (Å²) in [4.78, 5) is 32.7. The Morgan fingerprint density at radius 1 is 1.16 bits per heavy atom. The molecule has 5 nitrogen and oxygen atoms in total. The molecule has 1 N–H and O–H groups in total. The van der Waals surface area contributed by atoms with Gasteiger partial charge in [0.15, 0.2) is 0 Å². The molecular formula is C25H31N3O2S. The highest BCUT2D eigenvalue weighted by Gasteiger charge is 2.27. The van der Waals surface area contributed by atoms with Crippen molar-refractivity contribution >= 4 is 23.2 Å². The lowest BCUT2D eigenvalue weighted by Crippen LogP contribution is -2.37. The van der Waals surface area contributed by atoms with Gasteiger partial charge in [0.1, 0.15) is 4.88 Å². The van der Waals surface area contributed by atoms with Gasteiger partial charge in [-0.15, -0.1) is 11.3 Å². The summed E-state index contributed by atoms with van der Waals surface area (Å²) in [6, 6.07) is 9.46. The minimum absolute atomic E-state index is 0.00523. The molecule has 0 radical (unpaired) electrons. The SMILES string of the molecule is Cc1nc(C2CCN(C(=O)c3ccccc3)CC2)sc1C(=O)NCCC1=CCCCC1. The number of likely N-dealkylation sites (tertiary alicyclic amines) is 1. The largest absolute Gasteiger partial charge is 0.351 e. The zero-order valence-corrected chi connectivity index (χ0v) is 19.0. The second-order valence-electron chi connectivity index (χ2n) is 8.51. The molecule has 6 heteroatoms. The van der Waals surface area contributed by atoms with Crippen molar-refractivity contribution in [2.24, 2.45) is 0 Å². The van der Waals surface area contributed by atoms with E-state index in [1.165, 1.54) is 42.6 Å². The van der Waals surface area contributed by atoms with Crippen molar-refractivity contribution in [1.82, 2.24) is 15.2 Å². The molecule has 0 saturated carbocycles. The van der Waals surface area contributed by atoms with E-state index < -0.39 is 0 Å². The maximum absolute atomic E-state index is 12.7. The summed E-state index contributed by atoms with van der Waals surface area (Å²) in [5, 5.41) is 4.11. The second kappa shape index (κ2) is 10.2. The van der Waals surface area contributed by atoms with Gasteiger partial charge in [-0.05, 0) is 64.0 Å². The van der Waals surface area contributed by atoms with Crippen LogP contribution in [0.5, 0.6) is 0 Å². The van der Waals surface area contributed by atoms with E-state index >= 15 is 0 Å². The number of aromatic nitrogens is 1. The van der Waals surface area contributed by atoms with Crippen molar-refractivity contribution in [3.8, 4) is 0 Å². The van der Waals surface area contributed by atoms with E-state index in [0.29, 0.717) is 12.5 Å². The molecule has 0 spiro atoms. The zero-order chi connectivity index (χ0) is 21.6. The van der Waals surface area contributed by atoms with E-state index in [1.54, 1.807) is 0 Å². The number of hydrogen-bond acceptors (Lipinski definition) is 4. The second-order valence-corrected chi connectivity index (χ2v) is 9.54. The van der Waals surface area contributed by atoms with E-state index in [4.69, 9.17) is 4.98 Å². The van der Waals surface area contributed by atoms with E-state index in [9.17, 15) is 9.59 Å². The maximum atomic E-state index is 12.7. The summed E-state index contributed by atoms with van der Waals surface area (Å²) in [7, 11) is 0. The van der Waals surface area contributed by atoms with Gasteiger partial charge in [-0.2, -0.15) is 0 Å². The predicted molar refractivity (Wildman–Crippen MR) is 125 cm³/mol. The first-order valence-corrected chi connectivity index (χ1v) is 12.2. The molecule has 2 heterocycles. The molecule has 0 unspecified atom stereocenters. The molecular weight excluding hydrogens is 406 g/mol. The number of nitrogens with zero attached hydrogens (tertiary/aromatic N) is 2. The van der Waals surface area contributed by atoms with Crippen LogP contribution in [0.3, 0.4) is 0 Å². The number of hydrogen-bond donors (Lipinski definition) is 1. The molecule has 0 atom stereocenters. The van der Waals surface area contributed by atoms with Gasteiger partial charge in [-0.1, -0.05) is 29.8 Å². The molecule has 1 aromatic carbocycles. The standard InChI is InChI=1S/C25H31N3O2S/c1-18-22(23(29)26-15-12-19-8-4-2-5-9-19)31-24(27-18)20-13-16-28(17-14-20)25(30)21-10-6-3-7-11-21/h3,6-8,10-11,20H,2,4-5,9,12-17H2,1H3,(H,26,29). The molecule has 1 aliphatic carbocycles. The highest BCUT2D eigenvalue weighted by molar-refractivity contribution is 7.13. The number of carbonyl (C=O) groups is 2. The molecule has 1 saturated heterocycles. The fraction of sp³-hybridized carbons (Fsp3) is 0.480. The number of rotatable bonds is 6. The highest BCUT2D eigenvalue weighted by atomic mass is 32.1. The fourth-order valence-electron chi connectivity index (χ4n) is 4.44. The van der Waals surface area contributed by atoms with Gasteiger partial charge in [0.25, 0.3) is 11.8 Å². The lowest BCUT2D eigenvalue weighted by molar-refractivity contribution is 0.0712. The van der Waals surface area contributed by atoms with Gasteiger partial charge in [0.05, 0.1) is 10.7 Å². The van der Waals surface area contributed by atoms with Gasteiger partial charge in [-0.3, -0.25) is 9.59 Å². The quantitative estimate of drug-likeness (QED) is 0.640. The number of carbonyl (C=O) groups excluding carboxylic acids is 2. The van der Waals surface area contributed by atoms with Crippen LogP contribution in [0, 0.1) is 6.92 Å². The summed E-state index contributed by atoms with van der Waals surface area (Å²) in [5.74, 6) is 0.411. The summed E-state index contributed by atoms with van der Waals surface area (Å²) in [6.45, 7) is 4.07. The van der Waals surface area contributed by atoms with Crippen molar-refractivity contribution < 1.29 is 9.59 Å². The van der Waals surface area contributed by atoms with Gasteiger partial charge in [0.2, 0.25) is 0 Å². The maximum Gasteiger partial charge on any atom is 0.263 e. The van der Waals surface area contributed by atoms with E-state index in [0.717, 1.165) is 53.5 Å². The Bertz CT molecular complexity index is 943. The minimum Gasteiger partial charge on any atom is -0.351 e. The van der Waals surface area contributed by atoms with Crippen molar-refractivity contribution in [3.63, 3.8) is 0 Å². The molecule has 1 aliphatic heterocycles. The molecule has 31 heavy (non-hydrogen) atoms. The van der Waals surface area contributed by atoms with Crippen LogP contribution in [0.2, 0.25) is 0 Å². The molecule has 2 amide bonds. The van der Waals surface area contributed by atoms with Crippen LogP contribution in [0.15, 0.2) is 42.0 Å². The van der Waals surface area contributed by atoms with Crippen molar-refractivity contribution in [1.29, 1.82) is 0 Å². The van der Waals surface area contributed by atoms with Gasteiger partial charge < -0.3 is 10.2 Å². The minimum atomic E-state index is -0.00523. The number of amides is 2. The van der Waals surface area contributed by atoms with E-state index in [1.807, 2.05) is 42.2 Å². The van der Waals surface area contributed by atoms with Gasteiger partial charge >= 0.3 is 0 Å². The van der Waals surface area contributed by atoms with Crippen LogP contribution in [0.25, 0.3) is 0 Å². The predicted octanol–water partition coefficient (Wildman–Crippen LogP) is 5.09. The van der Waals surface area contributed by atoms with Crippen LogP contribution < -0.4 is 5.32 Å². The summed E-state index contributed by atoms with van der Waals surface area (Å²) in [5.41, 5.74) is 3.04. The third-order valence-electron chi connectivity index (χ3n) is 6.29. The van der Waals surface area contributed by atoms with E-state index in [-0.39, 0.29) is 11.8 Å². The average Bonchev–Trinajstić information content (AvgIpc) is 3.21. The van der Waals surface area contributed by atoms with Crippen LogP contribution >= 0.6 is 11.3 Å². The van der Waals surface area contributed by atoms with Crippen molar-refractivity contribution in [2.45, 2.75) is 57.8 Å². The normalized spacial score (nSPS) is 17.3. The first-order valence-electron chi connectivity index (χ1n) is 11.4. The zero-order valence-electron chi connectivity index (χ0n) is 18.2. The molecule has 2 aliphatic rings. The summed E-state index contributed by atoms with van der Waals surface area (Å²) >= 11 is 1.52. The van der Waals surface area contributed by atoms with Gasteiger partial charge in [0, 0.05) is 31.1 Å². The Kier molecular flexibility index (Phi) is 7.17. The lowest BCUT2D eigenvalue weighted by atomic mass is 9.97. The number of aryl methyl sites for hydroxylation is 1. The lowest BCUT2D eigenvalue weighted by Gasteiger charge is -2.31. The Morgan fingerprint density at radius 2 is 1.94 bits per heavy atom. The monoisotopic (exact) mass is 437 g/mol. The molecule has 4 rings (SSSR count). The first kappa shape index (κ1) is 21.8. The Hall–Kier alpha value is -2.47. The van der Waals surface area contributed by atoms with E-state index in [2.05, 4.69) is 11.4 Å². The van der Waals surface area contributed by atoms with Crippen LogP contribution in [-0.4, -0.2) is 41.3 Å². The fourth-order valence-corrected chi connectivity index (χ4v) is 5.60. The third kappa shape index (κ3) is 5.42. The molecule has 164 valence electrons. The van der Waals surface area contributed by atoms with Crippen LogP contribution in [0.1, 0.15) is 81.6 Å². The van der Waals surface area contributed by atoms with Crippen LogP contribution in [0.4, 0.5) is 0 Å². The average molecular weight is 438 g/mol. The molecule has 0 bridgehead atoms. The highest BCUT2D eigenvalue weighted by Crippen LogP contribution is 2.33. The number of thiazole rings is 1. The smallest absolute Gasteiger partial charge is 0.263 e. The Labute approximate surface area is 188 Å². The number of nitrogens with one attached hydrogen (secondary N) is 1. The topological polar surface area (TPSA) is 62.3 Å². The summed E-state index contributed by atoms with van der Waals surface area (Å²) in [6.07, 6.45) is 9.97. The Balaban J connectivity index is 1.30. The number of piperidine rings is 1. The summed E-state index contributed by atoms with van der Waals surface area (Å²) < 4.78 is 0. The third-order valence-corrected chi connectivity index (χ3v) is 7.61. The number of benzene rings is 1. The molecule has 1 fully saturated rings. The van der Waals surface area contributed by atoms with Crippen molar-refractivity contribution in [2.75, 3.05) is 19.6 Å². The van der Waals surface area contributed by atoms with Crippen LogP contribution in [-0.2, 0) is 0 Å². The number of allylic oxidation sites excluding steroid dienone is 1.